The van der Waals surface area contributed by atoms with Crippen LogP contribution >= 0.6 is 0 Å². The van der Waals surface area contributed by atoms with Gasteiger partial charge in [0, 0.05) is 5.92 Å². The van der Waals surface area contributed by atoms with Gasteiger partial charge in [-0.1, -0.05) is 52.0 Å². The highest BCUT2D eigenvalue weighted by Gasteiger charge is 2.40. The van der Waals surface area contributed by atoms with Crippen molar-refractivity contribution in [2.75, 3.05) is 0 Å². The Kier molecular flexibility index (Phi) is 3.54. The van der Waals surface area contributed by atoms with Gasteiger partial charge in [0.25, 0.3) is 0 Å². The lowest BCUT2D eigenvalue weighted by Gasteiger charge is -2.44. The summed E-state index contributed by atoms with van der Waals surface area (Å²) >= 11 is 0. The zero-order valence-electron chi connectivity index (χ0n) is 10.3. The highest BCUT2D eigenvalue weighted by molar-refractivity contribution is 5.53. The summed E-state index contributed by atoms with van der Waals surface area (Å²) in [7, 11) is 0. The predicted octanol–water partition coefficient (Wildman–Crippen LogP) is 3.76. The number of carbonyl (C=O) groups is 1. The van der Waals surface area contributed by atoms with E-state index in [0.29, 0.717) is 0 Å². The molecular weight excluding hydrogens is 184 g/mol. The Bertz CT molecular complexity index is 280. The van der Waals surface area contributed by atoms with Crippen LogP contribution < -0.4 is 0 Å². The van der Waals surface area contributed by atoms with Crippen molar-refractivity contribution in [2.45, 2.75) is 40.5 Å². The van der Waals surface area contributed by atoms with Gasteiger partial charge in [-0.3, -0.25) is 0 Å². The van der Waals surface area contributed by atoms with Crippen molar-refractivity contribution in [3.63, 3.8) is 0 Å². The maximum absolute atomic E-state index is 10.8. The van der Waals surface area contributed by atoms with Crippen LogP contribution in [-0.2, 0) is 4.79 Å². The van der Waals surface area contributed by atoms with E-state index >= 15 is 0 Å². The Morgan fingerprint density at radius 1 is 1.40 bits per heavy atom. The van der Waals surface area contributed by atoms with Crippen molar-refractivity contribution in [1.82, 2.24) is 0 Å². The molecule has 1 heteroatoms. The van der Waals surface area contributed by atoms with Gasteiger partial charge in [0.1, 0.15) is 6.29 Å². The smallest absolute Gasteiger partial charge is 0.122 e. The Morgan fingerprint density at radius 2 is 2.07 bits per heavy atom. The van der Waals surface area contributed by atoms with Crippen LogP contribution in [0.5, 0.6) is 0 Å². The Morgan fingerprint density at radius 3 is 2.47 bits per heavy atom. The van der Waals surface area contributed by atoms with Crippen molar-refractivity contribution in [3.05, 3.63) is 24.3 Å². The molecular formula is C14H22O. The van der Waals surface area contributed by atoms with Crippen molar-refractivity contribution >= 4 is 6.29 Å². The molecule has 1 rings (SSSR count). The third-order valence-electron chi connectivity index (χ3n) is 3.56. The lowest BCUT2D eigenvalue weighted by molar-refractivity contribution is -0.111. The van der Waals surface area contributed by atoms with Crippen molar-refractivity contribution < 1.29 is 4.79 Å². The predicted molar refractivity (Wildman–Crippen MR) is 64.6 cm³/mol. The van der Waals surface area contributed by atoms with Gasteiger partial charge in [0.2, 0.25) is 0 Å². The summed E-state index contributed by atoms with van der Waals surface area (Å²) in [5.74, 6) is 0.139. The molecule has 0 heterocycles. The van der Waals surface area contributed by atoms with Crippen molar-refractivity contribution in [1.29, 1.82) is 0 Å². The largest absolute Gasteiger partial charge is 0.303 e. The molecule has 2 unspecified atom stereocenters. The summed E-state index contributed by atoms with van der Waals surface area (Å²) in [4.78, 5) is 10.8. The number of hydrogen-bond acceptors (Lipinski definition) is 1. The van der Waals surface area contributed by atoms with Crippen molar-refractivity contribution in [3.8, 4) is 0 Å². The van der Waals surface area contributed by atoms with E-state index < -0.39 is 0 Å². The van der Waals surface area contributed by atoms with E-state index in [1.54, 1.807) is 0 Å². The van der Waals surface area contributed by atoms with E-state index in [1.807, 2.05) is 6.92 Å². The molecule has 84 valence electrons. The second-order valence-electron chi connectivity index (χ2n) is 5.72. The molecule has 0 saturated heterocycles. The average Bonchev–Trinajstić information content (AvgIpc) is 2.17. The van der Waals surface area contributed by atoms with Crippen LogP contribution in [0.1, 0.15) is 40.5 Å². The molecule has 1 aliphatic rings. The normalized spacial score (nSPS) is 27.7. The Labute approximate surface area is 93.3 Å². The van der Waals surface area contributed by atoms with Crippen molar-refractivity contribution in [2.24, 2.45) is 16.7 Å². The molecule has 0 radical (unpaired) electrons. The summed E-state index contributed by atoms with van der Waals surface area (Å²) in [6.45, 7) is 8.78. The summed E-state index contributed by atoms with van der Waals surface area (Å²) in [6.07, 6.45) is 11.8. The topological polar surface area (TPSA) is 17.1 Å². The molecule has 15 heavy (non-hydrogen) atoms. The van der Waals surface area contributed by atoms with Gasteiger partial charge < -0.3 is 4.79 Å². The monoisotopic (exact) mass is 206 g/mol. The molecule has 0 N–H and O–H groups in total. The van der Waals surface area contributed by atoms with Crippen LogP contribution in [0.2, 0.25) is 0 Å². The molecule has 0 aromatic rings. The molecule has 1 aliphatic carbocycles. The van der Waals surface area contributed by atoms with E-state index in [0.717, 1.165) is 19.1 Å². The third kappa shape index (κ3) is 2.58. The van der Waals surface area contributed by atoms with E-state index in [2.05, 4.69) is 45.1 Å². The van der Waals surface area contributed by atoms with Crippen LogP contribution in [0.4, 0.5) is 0 Å². The molecule has 0 bridgehead atoms. The van der Waals surface area contributed by atoms with Gasteiger partial charge in [-0.25, -0.2) is 0 Å². The lowest BCUT2D eigenvalue weighted by Crippen LogP contribution is -2.36. The minimum Gasteiger partial charge on any atom is -0.303 e. The summed E-state index contributed by atoms with van der Waals surface area (Å²) in [5.41, 5.74) is 0.341. The average molecular weight is 206 g/mol. The fourth-order valence-electron chi connectivity index (χ4n) is 2.30. The minimum atomic E-state index is 0.139. The zero-order valence-corrected chi connectivity index (χ0v) is 10.3. The van der Waals surface area contributed by atoms with E-state index in [-0.39, 0.29) is 16.7 Å². The van der Waals surface area contributed by atoms with Gasteiger partial charge in [-0.15, -0.1) is 0 Å². The van der Waals surface area contributed by atoms with Gasteiger partial charge in [0.05, 0.1) is 0 Å². The Balaban J connectivity index is 2.92. The summed E-state index contributed by atoms with van der Waals surface area (Å²) in [5, 5.41) is 0. The third-order valence-corrected chi connectivity index (χ3v) is 3.56. The fraction of sp³-hybridized carbons (Fsp3) is 0.643. The van der Waals surface area contributed by atoms with Gasteiger partial charge in [-0.2, -0.15) is 0 Å². The SMILES string of the molecule is CC(C=O)CC1(C(C)(C)C)C=CC=CC1. The van der Waals surface area contributed by atoms with Crippen LogP contribution in [0.15, 0.2) is 24.3 Å². The molecule has 0 amide bonds. The highest BCUT2D eigenvalue weighted by atomic mass is 16.1. The molecule has 2 atom stereocenters. The molecule has 0 fully saturated rings. The number of allylic oxidation sites excluding steroid dienone is 4. The van der Waals surface area contributed by atoms with E-state index in [9.17, 15) is 4.79 Å². The molecule has 1 nitrogen and oxygen atoms in total. The fourth-order valence-corrected chi connectivity index (χ4v) is 2.30. The van der Waals surface area contributed by atoms with E-state index in [1.165, 1.54) is 0 Å². The standard InChI is InChI=1S/C14H22O/c1-12(11-15)10-14(13(2,3)4)8-6-5-7-9-14/h5-8,11-12H,9-10H2,1-4H3. The van der Waals surface area contributed by atoms with Gasteiger partial charge in [0.15, 0.2) is 0 Å². The zero-order chi connectivity index (χ0) is 11.5. The van der Waals surface area contributed by atoms with Gasteiger partial charge >= 0.3 is 0 Å². The minimum absolute atomic E-state index is 0.139. The molecule has 0 saturated carbocycles. The number of carbonyl (C=O) groups excluding carboxylic acids is 1. The maximum atomic E-state index is 10.8. The summed E-state index contributed by atoms with van der Waals surface area (Å²) < 4.78 is 0. The first-order valence-corrected chi connectivity index (χ1v) is 5.71. The quantitative estimate of drug-likeness (QED) is 0.643. The van der Waals surface area contributed by atoms with Crippen LogP contribution in [0, 0.1) is 16.7 Å². The molecule has 0 aliphatic heterocycles. The number of hydrogen-bond donors (Lipinski definition) is 0. The van der Waals surface area contributed by atoms with Gasteiger partial charge in [-0.05, 0) is 23.7 Å². The molecule has 0 aromatic carbocycles. The van der Waals surface area contributed by atoms with E-state index in [4.69, 9.17) is 0 Å². The first-order chi connectivity index (χ1) is 6.91. The van der Waals surface area contributed by atoms with Crippen LogP contribution in [0.25, 0.3) is 0 Å². The first kappa shape index (κ1) is 12.2. The number of aldehydes is 1. The second kappa shape index (κ2) is 4.34. The second-order valence-corrected chi connectivity index (χ2v) is 5.72. The highest BCUT2D eigenvalue weighted by Crippen LogP contribution is 2.48. The first-order valence-electron chi connectivity index (χ1n) is 5.71. The number of rotatable bonds is 3. The summed E-state index contributed by atoms with van der Waals surface area (Å²) in [6, 6.07) is 0. The maximum Gasteiger partial charge on any atom is 0.122 e. The lowest BCUT2D eigenvalue weighted by atomic mass is 9.60. The Hall–Kier alpha value is -0.850. The molecule has 0 spiro atoms. The van der Waals surface area contributed by atoms with Crippen LogP contribution in [-0.4, -0.2) is 6.29 Å². The molecule has 0 aromatic heterocycles. The van der Waals surface area contributed by atoms with Crippen LogP contribution in [0.3, 0.4) is 0 Å².